The van der Waals surface area contributed by atoms with Gasteiger partial charge in [-0.15, -0.1) is 0 Å². The van der Waals surface area contributed by atoms with Gasteiger partial charge in [-0.25, -0.2) is 13.2 Å². The lowest BCUT2D eigenvalue weighted by molar-refractivity contribution is 0.0703. The van der Waals surface area contributed by atoms with Gasteiger partial charge < -0.3 is 10.0 Å². The number of hydrogen-bond acceptors (Lipinski definition) is 5. The number of benzene rings is 1. The molecule has 0 saturated carbocycles. The number of aromatic nitrogens is 1. The molecule has 1 aromatic heterocycles. The van der Waals surface area contributed by atoms with Gasteiger partial charge in [0.15, 0.2) is 9.84 Å². The first-order valence-electron chi connectivity index (χ1n) is 9.58. The van der Waals surface area contributed by atoms with Gasteiger partial charge in [0.25, 0.3) is 0 Å². The van der Waals surface area contributed by atoms with Gasteiger partial charge in [0.2, 0.25) is 0 Å². The fourth-order valence-corrected chi connectivity index (χ4v) is 4.56. The molecule has 1 aliphatic heterocycles. The Kier molecular flexibility index (Phi) is 6.24. The van der Waals surface area contributed by atoms with Crippen LogP contribution in [0.4, 0.5) is 4.79 Å². The van der Waals surface area contributed by atoms with Crippen molar-refractivity contribution >= 4 is 15.9 Å². The van der Waals surface area contributed by atoms with Gasteiger partial charge in [0.05, 0.1) is 10.6 Å². The van der Waals surface area contributed by atoms with Crippen molar-refractivity contribution in [1.29, 1.82) is 0 Å². The van der Waals surface area contributed by atoms with E-state index in [4.69, 9.17) is 5.11 Å². The van der Waals surface area contributed by atoms with E-state index in [1.165, 1.54) is 11.2 Å². The van der Waals surface area contributed by atoms with Gasteiger partial charge in [0, 0.05) is 43.7 Å². The normalized spacial score (nSPS) is 20.1. The molecule has 156 valence electrons. The van der Waals surface area contributed by atoms with Crippen molar-refractivity contribution in [3.8, 4) is 11.3 Å². The van der Waals surface area contributed by atoms with E-state index in [0.717, 1.165) is 29.8 Å². The second-order valence-electron chi connectivity index (χ2n) is 7.83. The second kappa shape index (κ2) is 8.51. The van der Waals surface area contributed by atoms with Crippen LogP contribution in [0.25, 0.3) is 11.3 Å². The summed E-state index contributed by atoms with van der Waals surface area (Å²) in [7, 11) is -1.14. The van der Waals surface area contributed by atoms with Crippen molar-refractivity contribution < 1.29 is 18.3 Å². The SMILES string of the molecule is CC1CN(C(=O)O)CCC1N(C)Cc1ccc(-c2ccc(S(C)(=O)=O)cc2)nc1. The summed E-state index contributed by atoms with van der Waals surface area (Å²) in [5.41, 5.74) is 2.74. The molecule has 0 bridgehead atoms. The van der Waals surface area contributed by atoms with Crippen molar-refractivity contribution in [3.05, 3.63) is 48.2 Å². The Hall–Kier alpha value is -2.45. The third-order valence-electron chi connectivity index (χ3n) is 5.53. The monoisotopic (exact) mass is 417 g/mol. The summed E-state index contributed by atoms with van der Waals surface area (Å²) >= 11 is 0. The van der Waals surface area contributed by atoms with E-state index in [0.29, 0.717) is 24.0 Å². The highest BCUT2D eigenvalue weighted by molar-refractivity contribution is 7.90. The molecule has 2 aromatic rings. The number of likely N-dealkylation sites (tertiary alicyclic amines) is 1. The van der Waals surface area contributed by atoms with Crippen LogP contribution in [-0.2, 0) is 16.4 Å². The van der Waals surface area contributed by atoms with Gasteiger partial charge in [-0.05, 0) is 43.1 Å². The third kappa shape index (κ3) is 5.13. The van der Waals surface area contributed by atoms with E-state index in [9.17, 15) is 13.2 Å². The van der Waals surface area contributed by atoms with Crippen molar-refractivity contribution in [1.82, 2.24) is 14.8 Å². The molecule has 7 nitrogen and oxygen atoms in total. The number of sulfone groups is 1. The maximum absolute atomic E-state index is 11.6. The van der Waals surface area contributed by atoms with Crippen LogP contribution in [0.2, 0.25) is 0 Å². The highest BCUT2D eigenvalue weighted by atomic mass is 32.2. The van der Waals surface area contributed by atoms with E-state index in [2.05, 4.69) is 23.9 Å². The van der Waals surface area contributed by atoms with E-state index < -0.39 is 15.9 Å². The Labute approximate surface area is 171 Å². The summed E-state index contributed by atoms with van der Waals surface area (Å²) in [4.78, 5) is 19.7. The zero-order valence-electron chi connectivity index (χ0n) is 16.9. The Morgan fingerprint density at radius 1 is 1.24 bits per heavy atom. The van der Waals surface area contributed by atoms with E-state index in [1.54, 1.807) is 24.3 Å². The summed E-state index contributed by atoms with van der Waals surface area (Å²) in [6, 6.07) is 11.0. The van der Waals surface area contributed by atoms with Crippen LogP contribution in [-0.4, -0.2) is 66.8 Å². The second-order valence-corrected chi connectivity index (χ2v) is 9.84. The van der Waals surface area contributed by atoms with Gasteiger partial charge in [-0.2, -0.15) is 0 Å². The molecule has 2 heterocycles. The average Bonchev–Trinajstić information content (AvgIpc) is 2.67. The van der Waals surface area contributed by atoms with Crippen molar-refractivity contribution in [2.75, 3.05) is 26.4 Å². The fraction of sp³-hybridized carbons (Fsp3) is 0.429. The Bertz CT molecular complexity index is 958. The minimum absolute atomic E-state index is 0.269. The molecule has 2 unspecified atom stereocenters. The van der Waals surface area contributed by atoms with Gasteiger partial charge in [0.1, 0.15) is 0 Å². The Morgan fingerprint density at radius 3 is 2.45 bits per heavy atom. The number of amides is 1. The zero-order chi connectivity index (χ0) is 21.2. The molecular weight excluding hydrogens is 390 g/mol. The van der Waals surface area contributed by atoms with Gasteiger partial charge >= 0.3 is 6.09 Å². The van der Waals surface area contributed by atoms with Gasteiger partial charge in [-0.1, -0.05) is 25.1 Å². The van der Waals surface area contributed by atoms with Crippen molar-refractivity contribution in [2.45, 2.75) is 30.8 Å². The Balaban J connectivity index is 1.64. The molecule has 0 aliphatic carbocycles. The van der Waals surface area contributed by atoms with Gasteiger partial charge in [-0.3, -0.25) is 9.88 Å². The molecule has 1 amide bonds. The molecule has 1 saturated heterocycles. The number of pyridine rings is 1. The fourth-order valence-electron chi connectivity index (χ4n) is 3.93. The quantitative estimate of drug-likeness (QED) is 0.804. The van der Waals surface area contributed by atoms with Crippen LogP contribution in [0.5, 0.6) is 0 Å². The lowest BCUT2D eigenvalue weighted by Gasteiger charge is -2.40. The number of carboxylic acid groups (broad SMARTS) is 1. The Morgan fingerprint density at radius 2 is 1.93 bits per heavy atom. The molecule has 1 N–H and O–H groups in total. The minimum atomic E-state index is -3.21. The highest BCUT2D eigenvalue weighted by Gasteiger charge is 2.30. The van der Waals surface area contributed by atoms with Crippen LogP contribution < -0.4 is 0 Å². The molecule has 29 heavy (non-hydrogen) atoms. The molecule has 0 radical (unpaired) electrons. The van der Waals surface area contributed by atoms with Crippen molar-refractivity contribution in [2.24, 2.45) is 5.92 Å². The summed E-state index contributed by atoms with van der Waals surface area (Å²) in [5.74, 6) is 0.269. The highest BCUT2D eigenvalue weighted by Crippen LogP contribution is 2.24. The maximum Gasteiger partial charge on any atom is 0.407 e. The molecule has 8 heteroatoms. The maximum atomic E-state index is 11.6. The molecule has 3 rings (SSSR count). The van der Waals surface area contributed by atoms with Crippen molar-refractivity contribution in [3.63, 3.8) is 0 Å². The smallest absolute Gasteiger partial charge is 0.407 e. The standard InChI is InChI=1S/C21H27N3O4S/c1-15-13-24(21(25)26)11-10-20(15)23(2)14-16-4-9-19(22-12-16)17-5-7-18(8-6-17)29(3,27)28/h4-9,12,15,20H,10-11,13-14H2,1-3H3,(H,25,26). The number of hydrogen-bond donors (Lipinski definition) is 1. The summed E-state index contributed by atoms with van der Waals surface area (Å²) in [6.07, 6.45) is 3.01. The molecule has 1 aromatic carbocycles. The third-order valence-corrected chi connectivity index (χ3v) is 6.66. The molecule has 2 atom stereocenters. The van der Waals surface area contributed by atoms with E-state index >= 15 is 0 Å². The average molecular weight is 418 g/mol. The molecular formula is C21H27N3O4S. The zero-order valence-corrected chi connectivity index (χ0v) is 17.8. The first kappa shape index (κ1) is 21.3. The van der Waals surface area contributed by atoms with E-state index in [-0.39, 0.29) is 5.92 Å². The number of rotatable bonds is 5. The first-order valence-corrected chi connectivity index (χ1v) is 11.5. The number of nitrogens with zero attached hydrogens (tertiary/aromatic N) is 3. The van der Waals surface area contributed by atoms with Crippen LogP contribution in [0.1, 0.15) is 18.9 Å². The van der Waals surface area contributed by atoms with Crippen LogP contribution in [0, 0.1) is 5.92 Å². The molecule has 1 aliphatic rings. The van der Waals surface area contributed by atoms with Crippen LogP contribution >= 0.6 is 0 Å². The summed E-state index contributed by atoms with van der Waals surface area (Å²) < 4.78 is 23.2. The lowest BCUT2D eigenvalue weighted by Crippen LogP contribution is -2.50. The van der Waals surface area contributed by atoms with Crippen LogP contribution in [0.15, 0.2) is 47.5 Å². The topological polar surface area (TPSA) is 90.8 Å². The first-order chi connectivity index (χ1) is 13.6. The summed E-state index contributed by atoms with van der Waals surface area (Å²) in [6.45, 7) is 3.96. The summed E-state index contributed by atoms with van der Waals surface area (Å²) in [5, 5.41) is 9.17. The number of carbonyl (C=O) groups is 1. The van der Waals surface area contributed by atoms with Crippen LogP contribution in [0.3, 0.4) is 0 Å². The van der Waals surface area contributed by atoms with E-state index in [1.807, 2.05) is 18.3 Å². The lowest BCUT2D eigenvalue weighted by atomic mass is 9.92. The predicted molar refractivity (Wildman–Crippen MR) is 111 cm³/mol. The number of piperidine rings is 1. The predicted octanol–water partition coefficient (Wildman–Crippen LogP) is 2.97. The largest absolute Gasteiger partial charge is 0.465 e. The minimum Gasteiger partial charge on any atom is -0.465 e. The molecule has 0 spiro atoms. The molecule has 1 fully saturated rings.